The van der Waals surface area contributed by atoms with Crippen LogP contribution in [-0.4, -0.2) is 16.0 Å². The lowest BCUT2D eigenvalue weighted by Crippen LogP contribution is -2.05. The first-order valence-corrected chi connectivity index (χ1v) is 5.46. The molecule has 0 aliphatic heterocycles. The number of hydrogen-bond donors (Lipinski definition) is 1. The van der Waals surface area contributed by atoms with Crippen molar-refractivity contribution in [3.63, 3.8) is 0 Å². The van der Waals surface area contributed by atoms with Crippen molar-refractivity contribution in [1.82, 2.24) is 10.2 Å². The predicted molar refractivity (Wildman–Crippen MR) is 66.9 cm³/mol. The Morgan fingerprint density at radius 3 is 2.72 bits per heavy atom. The highest BCUT2D eigenvalue weighted by molar-refractivity contribution is 6.30. The number of carbonyl (C=O) groups excluding carboxylic acids is 1. The largest absolute Gasteiger partial charge is 0.382 e. The van der Waals surface area contributed by atoms with Crippen molar-refractivity contribution in [2.45, 2.75) is 6.92 Å². The van der Waals surface area contributed by atoms with Crippen molar-refractivity contribution >= 4 is 23.2 Å². The molecule has 2 N–H and O–H groups in total. The fourth-order valence-electron chi connectivity index (χ4n) is 1.51. The van der Waals surface area contributed by atoms with Crippen molar-refractivity contribution in [2.75, 3.05) is 5.73 Å². The van der Waals surface area contributed by atoms with E-state index >= 15 is 0 Å². The summed E-state index contributed by atoms with van der Waals surface area (Å²) in [7, 11) is 0. The van der Waals surface area contributed by atoms with Crippen molar-refractivity contribution in [2.24, 2.45) is 0 Å². The van der Waals surface area contributed by atoms with E-state index in [0.29, 0.717) is 5.02 Å². The molecule has 1 aromatic carbocycles. The van der Waals surface area contributed by atoms with Crippen LogP contribution in [-0.2, 0) is 0 Å². The summed E-state index contributed by atoms with van der Waals surface area (Å²) in [5.74, 6) is -0.729. The van der Waals surface area contributed by atoms with Gasteiger partial charge in [-0.1, -0.05) is 11.6 Å². The average molecular weight is 266 g/mol. The number of anilines is 1. The summed E-state index contributed by atoms with van der Waals surface area (Å²) in [6, 6.07) is 5.47. The number of benzene rings is 1. The number of halogens is 2. The predicted octanol–water partition coefficient (Wildman–Crippen LogP) is 2.72. The Balaban J connectivity index is 2.61. The van der Waals surface area contributed by atoms with Crippen LogP contribution in [0.4, 0.5) is 10.2 Å². The Labute approximate surface area is 108 Å². The Hall–Kier alpha value is -2.01. The van der Waals surface area contributed by atoms with Gasteiger partial charge in [0.15, 0.2) is 11.6 Å². The van der Waals surface area contributed by atoms with Gasteiger partial charge < -0.3 is 5.73 Å². The minimum absolute atomic E-state index is 0.0219. The Morgan fingerprint density at radius 2 is 2.06 bits per heavy atom. The number of Topliss-reactive ketones (excluding diaryl/α,β-unsaturated/α-hetero) is 1. The van der Waals surface area contributed by atoms with Crippen LogP contribution in [0.1, 0.15) is 17.3 Å². The van der Waals surface area contributed by atoms with Gasteiger partial charge in [0.25, 0.3) is 0 Å². The second kappa shape index (κ2) is 4.70. The molecule has 0 aliphatic carbocycles. The summed E-state index contributed by atoms with van der Waals surface area (Å²) in [6.45, 7) is 1.35. The first kappa shape index (κ1) is 12.4. The molecule has 0 saturated carbocycles. The van der Waals surface area contributed by atoms with Gasteiger partial charge in [0, 0.05) is 10.6 Å². The van der Waals surface area contributed by atoms with Crippen molar-refractivity contribution in [1.29, 1.82) is 0 Å². The zero-order valence-corrected chi connectivity index (χ0v) is 10.2. The van der Waals surface area contributed by atoms with E-state index in [1.165, 1.54) is 31.2 Å². The maximum atomic E-state index is 13.6. The minimum Gasteiger partial charge on any atom is -0.382 e. The second-order valence-electron chi connectivity index (χ2n) is 3.71. The molecule has 0 aliphatic rings. The van der Waals surface area contributed by atoms with Gasteiger partial charge >= 0.3 is 0 Å². The number of nitrogens with two attached hydrogens (primary N) is 1. The van der Waals surface area contributed by atoms with Gasteiger partial charge in [-0.15, -0.1) is 10.2 Å². The molecule has 6 heteroatoms. The molecule has 1 heterocycles. The normalized spacial score (nSPS) is 10.4. The molecule has 0 unspecified atom stereocenters. The Morgan fingerprint density at radius 1 is 1.33 bits per heavy atom. The molecule has 1 aromatic heterocycles. The SMILES string of the molecule is CC(=O)c1cc(-c2cc(Cl)ccc2F)nnc1N. The number of nitrogen functional groups attached to an aromatic ring is 1. The first-order chi connectivity index (χ1) is 8.49. The summed E-state index contributed by atoms with van der Waals surface area (Å²) < 4.78 is 13.6. The van der Waals surface area contributed by atoms with Crippen LogP contribution in [0, 0.1) is 5.82 Å². The molecule has 0 amide bonds. The van der Waals surface area contributed by atoms with E-state index in [9.17, 15) is 9.18 Å². The van der Waals surface area contributed by atoms with E-state index < -0.39 is 5.82 Å². The van der Waals surface area contributed by atoms with E-state index in [1.54, 1.807) is 0 Å². The highest BCUT2D eigenvalue weighted by Crippen LogP contribution is 2.25. The number of aromatic nitrogens is 2. The topological polar surface area (TPSA) is 68.9 Å². The maximum absolute atomic E-state index is 13.6. The van der Waals surface area contributed by atoms with E-state index in [2.05, 4.69) is 10.2 Å². The molecule has 2 aromatic rings. The number of nitrogens with zero attached hydrogens (tertiary/aromatic N) is 2. The Bertz CT molecular complexity index is 631. The molecule has 0 bridgehead atoms. The third-order valence-corrected chi connectivity index (χ3v) is 2.64. The lowest BCUT2D eigenvalue weighted by molar-refractivity contribution is 0.101. The van der Waals surface area contributed by atoms with E-state index in [0.717, 1.165) is 0 Å². The van der Waals surface area contributed by atoms with E-state index in [4.69, 9.17) is 17.3 Å². The third kappa shape index (κ3) is 2.31. The maximum Gasteiger partial charge on any atom is 0.163 e. The monoisotopic (exact) mass is 265 g/mol. The highest BCUT2D eigenvalue weighted by Gasteiger charge is 2.13. The molecular formula is C12H9ClFN3O. The fourth-order valence-corrected chi connectivity index (χ4v) is 1.68. The lowest BCUT2D eigenvalue weighted by Gasteiger charge is -2.05. The van der Waals surface area contributed by atoms with Gasteiger partial charge in [-0.2, -0.15) is 0 Å². The number of ketones is 1. The number of hydrogen-bond acceptors (Lipinski definition) is 4. The van der Waals surface area contributed by atoms with Crippen LogP contribution in [0.5, 0.6) is 0 Å². The minimum atomic E-state index is -0.493. The summed E-state index contributed by atoms with van der Waals surface area (Å²) in [5, 5.41) is 7.78. The van der Waals surface area contributed by atoms with Gasteiger partial charge in [-0.25, -0.2) is 4.39 Å². The van der Waals surface area contributed by atoms with Crippen molar-refractivity contribution < 1.29 is 9.18 Å². The van der Waals surface area contributed by atoms with Gasteiger partial charge in [0.1, 0.15) is 5.82 Å². The van der Waals surface area contributed by atoms with Gasteiger partial charge in [-0.05, 0) is 31.2 Å². The average Bonchev–Trinajstić information content (AvgIpc) is 2.33. The van der Waals surface area contributed by atoms with Crippen molar-refractivity contribution in [3.05, 3.63) is 40.7 Å². The van der Waals surface area contributed by atoms with Crippen molar-refractivity contribution in [3.8, 4) is 11.3 Å². The molecule has 0 saturated heterocycles. The van der Waals surface area contributed by atoms with Crippen LogP contribution in [0.2, 0.25) is 5.02 Å². The van der Waals surface area contributed by atoms with Crippen LogP contribution in [0.3, 0.4) is 0 Å². The zero-order chi connectivity index (χ0) is 13.3. The van der Waals surface area contributed by atoms with Gasteiger partial charge in [0.2, 0.25) is 0 Å². The summed E-state index contributed by atoms with van der Waals surface area (Å²) >= 11 is 5.79. The number of carbonyl (C=O) groups is 1. The van der Waals surface area contributed by atoms with Crippen LogP contribution in [0.15, 0.2) is 24.3 Å². The van der Waals surface area contributed by atoms with E-state index in [1.807, 2.05) is 0 Å². The van der Waals surface area contributed by atoms with Crippen LogP contribution >= 0.6 is 11.6 Å². The molecule has 0 fully saturated rings. The smallest absolute Gasteiger partial charge is 0.163 e. The first-order valence-electron chi connectivity index (χ1n) is 5.08. The summed E-state index contributed by atoms with van der Waals surface area (Å²) in [5.41, 5.74) is 6.13. The molecule has 0 radical (unpaired) electrons. The third-order valence-electron chi connectivity index (χ3n) is 2.41. The van der Waals surface area contributed by atoms with Gasteiger partial charge in [0.05, 0.1) is 11.3 Å². The lowest BCUT2D eigenvalue weighted by atomic mass is 10.1. The summed E-state index contributed by atoms with van der Waals surface area (Å²) in [4.78, 5) is 11.3. The Kier molecular flexibility index (Phi) is 3.25. The molecule has 92 valence electrons. The number of rotatable bonds is 2. The molecule has 18 heavy (non-hydrogen) atoms. The molecule has 0 atom stereocenters. The van der Waals surface area contributed by atoms with Gasteiger partial charge in [-0.3, -0.25) is 4.79 Å². The quantitative estimate of drug-likeness (QED) is 0.848. The zero-order valence-electron chi connectivity index (χ0n) is 9.45. The second-order valence-corrected chi connectivity index (χ2v) is 4.15. The highest BCUT2D eigenvalue weighted by atomic mass is 35.5. The molecular weight excluding hydrogens is 257 g/mol. The van der Waals surface area contributed by atoms with Crippen LogP contribution < -0.4 is 5.73 Å². The fraction of sp³-hybridized carbons (Fsp3) is 0.0833. The molecule has 4 nitrogen and oxygen atoms in total. The molecule has 2 rings (SSSR count). The summed E-state index contributed by atoms with van der Waals surface area (Å²) in [6.07, 6.45) is 0. The van der Waals surface area contributed by atoms with Crippen LogP contribution in [0.25, 0.3) is 11.3 Å². The molecule has 0 spiro atoms. The van der Waals surface area contributed by atoms with E-state index in [-0.39, 0.29) is 28.4 Å². The standard InChI is InChI=1S/C12H9ClFN3O/c1-6(18)8-5-11(16-17-12(8)15)9-4-7(13)2-3-10(9)14/h2-5H,1H3,(H2,15,17).